The van der Waals surface area contributed by atoms with Gasteiger partial charge in [-0.25, -0.2) is 0 Å². The molecule has 0 aromatic heterocycles. The van der Waals surface area contributed by atoms with Gasteiger partial charge in [0.1, 0.15) is 5.75 Å². The van der Waals surface area contributed by atoms with Crippen LogP contribution in [0.2, 0.25) is 0 Å². The molecule has 0 bridgehead atoms. The fourth-order valence-corrected chi connectivity index (χ4v) is 2.89. The molecule has 1 aromatic rings. The number of ether oxygens (including phenoxy) is 1. The molecule has 0 atom stereocenters. The quantitative estimate of drug-likeness (QED) is 0.780. The molecule has 1 aromatic carbocycles. The second-order valence-corrected chi connectivity index (χ2v) is 6.53. The van der Waals surface area contributed by atoms with Crippen molar-refractivity contribution < 1.29 is 4.74 Å². The molecule has 1 aliphatic rings. The Bertz CT molecular complexity index is 411. The summed E-state index contributed by atoms with van der Waals surface area (Å²) < 4.78 is 5.73. The van der Waals surface area contributed by atoms with E-state index in [0.29, 0.717) is 0 Å². The van der Waals surface area contributed by atoms with Crippen molar-refractivity contribution in [3.05, 3.63) is 29.8 Å². The Morgan fingerprint density at radius 1 is 1.29 bits per heavy atom. The molecule has 1 aliphatic heterocycles. The maximum absolute atomic E-state index is 5.73. The molecule has 1 N–H and O–H groups in total. The Morgan fingerprint density at radius 2 is 2.05 bits per heavy atom. The van der Waals surface area contributed by atoms with Crippen molar-refractivity contribution in [3.63, 3.8) is 0 Å². The van der Waals surface area contributed by atoms with Gasteiger partial charge in [-0.05, 0) is 83.4 Å². The predicted molar refractivity (Wildman–Crippen MR) is 88.8 cm³/mol. The van der Waals surface area contributed by atoms with Crippen molar-refractivity contribution in [3.8, 4) is 5.75 Å². The van der Waals surface area contributed by atoms with Crippen LogP contribution in [0, 0.1) is 5.92 Å². The van der Waals surface area contributed by atoms with Gasteiger partial charge in [-0.1, -0.05) is 12.1 Å². The fraction of sp³-hybridized carbons (Fsp3) is 0.667. The van der Waals surface area contributed by atoms with Crippen molar-refractivity contribution in [1.29, 1.82) is 0 Å². The zero-order valence-electron chi connectivity index (χ0n) is 13.8. The van der Waals surface area contributed by atoms with Gasteiger partial charge >= 0.3 is 0 Å². The highest BCUT2D eigenvalue weighted by molar-refractivity contribution is 5.28. The molecule has 0 radical (unpaired) electrons. The number of rotatable bonds is 7. The van der Waals surface area contributed by atoms with E-state index in [1.165, 1.54) is 37.9 Å². The van der Waals surface area contributed by atoms with Crippen LogP contribution in [0.5, 0.6) is 5.75 Å². The van der Waals surface area contributed by atoms with Crippen molar-refractivity contribution in [1.82, 2.24) is 10.2 Å². The fourth-order valence-electron chi connectivity index (χ4n) is 2.89. The molecule has 0 amide bonds. The minimum Gasteiger partial charge on any atom is -0.491 e. The summed E-state index contributed by atoms with van der Waals surface area (Å²) in [5, 5.41) is 3.57. The molecule has 2 rings (SSSR count). The number of piperidine rings is 1. The first-order valence-electron chi connectivity index (χ1n) is 8.28. The van der Waals surface area contributed by atoms with Crippen LogP contribution in [-0.2, 0) is 6.54 Å². The van der Waals surface area contributed by atoms with Crippen LogP contribution in [-0.4, -0.2) is 37.7 Å². The van der Waals surface area contributed by atoms with Crippen LogP contribution >= 0.6 is 0 Å². The molecule has 0 saturated carbocycles. The monoisotopic (exact) mass is 290 g/mol. The smallest absolute Gasteiger partial charge is 0.120 e. The van der Waals surface area contributed by atoms with Crippen molar-refractivity contribution in [2.45, 2.75) is 45.8 Å². The first-order valence-corrected chi connectivity index (χ1v) is 8.28. The number of benzene rings is 1. The lowest BCUT2D eigenvalue weighted by Crippen LogP contribution is -2.31. The third-order valence-corrected chi connectivity index (χ3v) is 4.17. The lowest BCUT2D eigenvalue weighted by Gasteiger charge is -2.28. The van der Waals surface area contributed by atoms with Gasteiger partial charge < -0.3 is 15.0 Å². The largest absolute Gasteiger partial charge is 0.491 e. The molecule has 0 aliphatic carbocycles. The highest BCUT2D eigenvalue weighted by Gasteiger charge is 2.15. The highest BCUT2D eigenvalue weighted by Crippen LogP contribution is 2.19. The summed E-state index contributed by atoms with van der Waals surface area (Å²) in [5.74, 6) is 1.88. The summed E-state index contributed by atoms with van der Waals surface area (Å²) >= 11 is 0. The van der Waals surface area contributed by atoms with E-state index in [1.807, 2.05) is 6.07 Å². The van der Waals surface area contributed by atoms with Crippen molar-refractivity contribution in [2.24, 2.45) is 5.92 Å². The lowest BCUT2D eigenvalue weighted by molar-refractivity contribution is 0.211. The molecule has 1 heterocycles. The van der Waals surface area contributed by atoms with Crippen molar-refractivity contribution >= 4 is 0 Å². The molecule has 1 saturated heterocycles. The van der Waals surface area contributed by atoms with Crippen LogP contribution in [0.25, 0.3) is 0 Å². The first-order chi connectivity index (χ1) is 10.1. The molecule has 3 nitrogen and oxygen atoms in total. The number of likely N-dealkylation sites (tertiary alicyclic amines) is 1. The normalized spacial score (nSPS) is 17.3. The maximum Gasteiger partial charge on any atom is 0.120 e. The molecular weight excluding hydrogens is 260 g/mol. The van der Waals surface area contributed by atoms with Crippen molar-refractivity contribution in [2.75, 3.05) is 26.7 Å². The number of nitrogens with zero attached hydrogens (tertiary/aromatic N) is 1. The summed E-state index contributed by atoms with van der Waals surface area (Å²) in [6.45, 7) is 8.70. The van der Waals surface area contributed by atoms with E-state index in [0.717, 1.165) is 24.8 Å². The molecule has 3 heteroatoms. The molecule has 0 unspecified atom stereocenters. The van der Waals surface area contributed by atoms with E-state index in [-0.39, 0.29) is 6.10 Å². The molecule has 118 valence electrons. The molecular formula is C18H30N2O. The lowest BCUT2D eigenvalue weighted by atomic mass is 9.94. The molecule has 21 heavy (non-hydrogen) atoms. The summed E-state index contributed by atoms with van der Waals surface area (Å²) in [7, 11) is 2.22. The first kappa shape index (κ1) is 16.3. The third-order valence-electron chi connectivity index (χ3n) is 4.17. The van der Waals surface area contributed by atoms with Gasteiger partial charge in [-0.2, -0.15) is 0 Å². The minimum absolute atomic E-state index is 0.234. The predicted octanol–water partition coefficient (Wildman–Crippen LogP) is 3.30. The van der Waals surface area contributed by atoms with Gasteiger partial charge in [0.15, 0.2) is 0 Å². The van der Waals surface area contributed by atoms with Crippen LogP contribution in [0.3, 0.4) is 0 Å². The zero-order valence-corrected chi connectivity index (χ0v) is 13.8. The Hall–Kier alpha value is -1.06. The van der Waals surface area contributed by atoms with E-state index in [2.05, 4.69) is 49.3 Å². The van der Waals surface area contributed by atoms with Crippen LogP contribution in [0.15, 0.2) is 24.3 Å². The van der Waals surface area contributed by atoms with Gasteiger partial charge in [0.25, 0.3) is 0 Å². The Labute approximate surface area is 129 Å². The molecule has 0 spiro atoms. The molecule has 1 fully saturated rings. The summed E-state index contributed by atoms with van der Waals surface area (Å²) in [6.07, 6.45) is 4.25. The van der Waals surface area contributed by atoms with Gasteiger partial charge in [0.05, 0.1) is 6.10 Å². The second kappa shape index (κ2) is 8.40. The van der Waals surface area contributed by atoms with Crippen LogP contribution in [0.4, 0.5) is 0 Å². The summed E-state index contributed by atoms with van der Waals surface area (Å²) in [4.78, 5) is 2.43. The highest BCUT2D eigenvalue weighted by atomic mass is 16.5. The number of hydrogen-bond donors (Lipinski definition) is 1. The Kier molecular flexibility index (Phi) is 6.52. The van der Waals surface area contributed by atoms with E-state index < -0.39 is 0 Å². The van der Waals surface area contributed by atoms with E-state index >= 15 is 0 Å². The van der Waals surface area contributed by atoms with E-state index in [9.17, 15) is 0 Å². The third kappa shape index (κ3) is 6.06. The minimum atomic E-state index is 0.234. The van der Waals surface area contributed by atoms with Gasteiger partial charge in [-0.15, -0.1) is 0 Å². The van der Waals surface area contributed by atoms with Gasteiger partial charge in [0, 0.05) is 6.54 Å². The zero-order chi connectivity index (χ0) is 15.1. The maximum atomic E-state index is 5.73. The number of nitrogens with one attached hydrogen (secondary N) is 1. The SMILES string of the molecule is CC(C)Oc1cccc(CNCCC2CCN(C)CC2)c1. The van der Waals surface area contributed by atoms with Crippen LogP contribution < -0.4 is 10.1 Å². The topological polar surface area (TPSA) is 24.5 Å². The average Bonchev–Trinajstić information content (AvgIpc) is 2.45. The standard InChI is InChI=1S/C18H30N2O/c1-15(2)21-18-6-4-5-17(13-18)14-19-10-7-16-8-11-20(3)12-9-16/h4-6,13,15-16,19H,7-12,14H2,1-3H3. The summed E-state index contributed by atoms with van der Waals surface area (Å²) in [6, 6.07) is 8.41. The van der Waals surface area contributed by atoms with E-state index in [4.69, 9.17) is 4.74 Å². The van der Waals surface area contributed by atoms with Gasteiger partial charge in [-0.3, -0.25) is 0 Å². The number of hydrogen-bond acceptors (Lipinski definition) is 3. The van der Waals surface area contributed by atoms with E-state index in [1.54, 1.807) is 0 Å². The average molecular weight is 290 g/mol. The summed E-state index contributed by atoms with van der Waals surface area (Å²) in [5.41, 5.74) is 1.30. The Balaban J connectivity index is 1.66. The van der Waals surface area contributed by atoms with Gasteiger partial charge in [0.2, 0.25) is 0 Å². The Morgan fingerprint density at radius 3 is 2.76 bits per heavy atom. The van der Waals surface area contributed by atoms with Crippen LogP contribution in [0.1, 0.15) is 38.7 Å². The second-order valence-electron chi connectivity index (χ2n) is 6.53.